The number of ether oxygens (including phenoxy) is 1. The lowest BCUT2D eigenvalue weighted by atomic mass is 10.1. The van der Waals surface area contributed by atoms with Crippen LogP contribution in [0.3, 0.4) is 0 Å². The minimum atomic E-state index is -3.61. The number of amides is 1. The summed E-state index contributed by atoms with van der Waals surface area (Å²) < 4.78 is 30.7. The van der Waals surface area contributed by atoms with Gasteiger partial charge in [0, 0.05) is 12.8 Å². The Morgan fingerprint density at radius 2 is 1.85 bits per heavy atom. The van der Waals surface area contributed by atoms with Gasteiger partial charge in [-0.05, 0) is 48.7 Å². The van der Waals surface area contributed by atoms with Gasteiger partial charge >= 0.3 is 0 Å². The van der Waals surface area contributed by atoms with Gasteiger partial charge < -0.3 is 10.1 Å². The van der Waals surface area contributed by atoms with Crippen molar-refractivity contribution in [1.29, 1.82) is 0 Å². The molecule has 2 aromatic carbocycles. The number of nitrogens with zero attached hydrogens (tertiary/aromatic N) is 1. The molecule has 2 rings (SSSR count). The Balaban J connectivity index is 2.23. The second kappa shape index (κ2) is 8.33. The number of carbonyl (C=O) groups is 1. The highest BCUT2D eigenvalue weighted by Crippen LogP contribution is 2.25. The van der Waals surface area contributed by atoms with E-state index in [0.29, 0.717) is 18.0 Å². The third-order valence-electron chi connectivity index (χ3n) is 4.05. The van der Waals surface area contributed by atoms with E-state index in [9.17, 15) is 13.2 Å². The van der Waals surface area contributed by atoms with Crippen LogP contribution in [0.15, 0.2) is 42.5 Å². The van der Waals surface area contributed by atoms with Crippen molar-refractivity contribution in [3.8, 4) is 0 Å². The molecule has 7 heteroatoms. The average Bonchev–Trinajstić information content (AvgIpc) is 2.55. The lowest BCUT2D eigenvalue weighted by Gasteiger charge is -2.24. The van der Waals surface area contributed by atoms with Gasteiger partial charge in [-0.1, -0.05) is 24.3 Å². The molecule has 0 aliphatic heterocycles. The minimum Gasteiger partial charge on any atom is -0.380 e. The molecular formula is C19H24N2O4S. The SMILES string of the molecule is COCc1cccc(NC(=O)CN(c2cccc(C)c2C)S(C)(=O)=O)c1. The van der Waals surface area contributed by atoms with Crippen LogP contribution in [0.4, 0.5) is 11.4 Å². The van der Waals surface area contributed by atoms with E-state index >= 15 is 0 Å². The summed E-state index contributed by atoms with van der Waals surface area (Å²) in [6.07, 6.45) is 1.10. The summed E-state index contributed by atoms with van der Waals surface area (Å²) in [4.78, 5) is 12.5. The maximum absolute atomic E-state index is 12.5. The Morgan fingerprint density at radius 1 is 1.15 bits per heavy atom. The fourth-order valence-electron chi connectivity index (χ4n) is 2.62. The largest absolute Gasteiger partial charge is 0.380 e. The third kappa shape index (κ3) is 5.06. The van der Waals surface area contributed by atoms with Crippen LogP contribution in [-0.4, -0.2) is 34.2 Å². The Morgan fingerprint density at radius 3 is 2.50 bits per heavy atom. The molecule has 140 valence electrons. The summed E-state index contributed by atoms with van der Waals surface area (Å²) >= 11 is 0. The van der Waals surface area contributed by atoms with Crippen LogP contribution in [0.5, 0.6) is 0 Å². The van der Waals surface area contributed by atoms with E-state index < -0.39 is 15.9 Å². The number of carbonyl (C=O) groups excluding carboxylic acids is 1. The number of hydrogen-bond donors (Lipinski definition) is 1. The van der Waals surface area contributed by atoms with E-state index in [4.69, 9.17) is 4.74 Å². The fourth-order valence-corrected chi connectivity index (χ4v) is 3.53. The van der Waals surface area contributed by atoms with Gasteiger partial charge in [0.05, 0.1) is 18.6 Å². The van der Waals surface area contributed by atoms with Crippen molar-refractivity contribution in [2.75, 3.05) is 29.5 Å². The van der Waals surface area contributed by atoms with Crippen molar-refractivity contribution in [2.24, 2.45) is 0 Å². The molecular weight excluding hydrogens is 352 g/mol. The second-order valence-electron chi connectivity index (χ2n) is 6.17. The molecule has 0 atom stereocenters. The van der Waals surface area contributed by atoms with E-state index in [2.05, 4.69) is 5.32 Å². The van der Waals surface area contributed by atoms with Crippen molar-refractivity contribution in [3.63, 3.8) is 0 Å². The van der Waals surface area contributed by atoms with Crippen LogP contribution in [0.1, 0.15) is 16.7 Å². The monoisotopic (exact) mass is 376 g/mol. The molecule has 0 unspecified atom stereocenters. The van der Waals surface area contributed by atoms with Crippen molar-refractivity contribution in [1.82, 2.24) is 0 Å². The number of anilines is 2. The molecule has 0 saturated heterocycles. The molecule has 0 fully saturated rings. The molecule has 0 heterocycles. The van der Waals surface area contributed by atoms with E-state index in [1.807, 2.05) is 32.0 Å². The molecule has 0 aliphatic rings. The second-order valence-corrected chi connectivity index (χ2v) is 8.08. The molecule has 0 aromatic heterocycles. The Labute approximate surface area is 154 Å². The summed E-state index contributed by atoms with van der Waals surface area (Å²) in [6.45, 7) is 3.88. The first-order chi connectivity index (χ1) is 12.2. The smallest absolute Gasteiger partial charge is 0.245 e. The molecule has 6 nitrogen and oxygen atoms in total. The summed E-state index contributed by atoms with van der Waals surface area (Å²) in [5.41, 5.74) is 3.81. The zero-order chi connectivity index (χ0) is 19.3. The number of aryl methyl sites for hydroxylation is 1. The molecule has 0 saturated carbocycles. The Kier molecular flexibility index (Phi) is 6.39. The van der Waals surface area contributed by atoms with Gasteiger partial charge in [0.25, 0.3) is 0 Å². The van der Waals surface area contributed by atoms with Crippen LogP contribution in [0.25, 0.3) is 0 Å². The maximum atomic E-state index is 12.5. The predicted molar refractivity (Wildman–Crippen MR) is 104 cm³/mol. The van der Waals surface area contributed by atoms with Gasteiger partial charge in [-0.2, -0.15) is 0 Å². The Bertz CT molecular complexity index is 894. The van der Waals surface area contributed by atoms with Gasteiger partial charge in [0.15, 0.2) is 0 Å². The van der Waals surface area contributed by atoms with Gasteiger partial charge in [-0.3, -0.25) is 9.10 Å². The van der Waals surface area contributed by atoms with Gasteiger partial charge in [0.1, 0.15) is 6.54 Å². The predicted octanol–water partition coefficient (Wildman–Crippen LogP) is 2.85. The molecule has 2 aromatic rings. The normalized spacial score (nSPS) is 11.2. The van der Waals surface area contributed by atoms with Crippen molar-refractivity contribution in [3.05, 3.63) is 59.2 Å². The number of nitrogens with one attached hydrogen (secondary N) is 1. The summed E-state index contributed by atoms with van der Waals surface area (Å²) in [5, 5.41) is 2.75. The minimum absolute atomic E-state index is 0.294. The first-order valence-corrected chi connectivity index (χ1v) is 9.99. The number of sulfonamides is 1. The summed E-state index contributed by atoms with van der Waals surface area (Å²) in [6, 6.07) is 12.6. The van der Waals surface area contributed by atoms with Gasteiger partial charge in [-0.25, -0.2) is 8.42 Å². The van der Waals surface area contributed by atoms with E-state index in [1.165, 1.54) is 0 Å². The molecule has 0 aliphatic carbocycles. The van der Waals surface area contributed by atoms with Gasteiger partial charge in [-0.15, -0.1) is 0 Å². The quantitative estimate of drug-likeness (QED) is 0.806. The highest BCUT2D eigenvalue weighted by Gasteiger charge is 2.22. The molecule has 1 amide bonds. The van der Waals surface area contributed by atoms with Crippen LogP contribution in [-0.2, 0) is 26.2 Å². The maximum Gasteiger partial charge on any atom is 0.245 e. The zero-order valence-corrected chi connectivity index (χ0v) is 16.3. The molecule has 26 heavy (non-hydrogen) atoms. The molecule has 1 N–H and O–H groups in total. The summed E-state index contributed by atoms with van der Waals surface area (Å²) in [5.74, 6) is -0.411. The van der Waals surface area contributed by atoms with Crippen LogP contribution < -0.4 is 9.62 Å². The van der Waals surface area contributed by atoms with E-state index in [1.54, 1.807) is 31.4 Å². The lowest BCUT2D eigenvalue weighted by Crippen LogP contribution is -2.38. The van der Waals surface area contributed by atoms with Crippen molar-refractivity contribution in [2.45, 2.75) is 20.5 Å². The van der Waals surface area contributed by atoms with E-state index in [-0.39, 0.29) is 6.54 Å². The topological polar surface area (TPSA) is 75.7 Å². The highest BCUT2D eigenvalue weighted by molar-refractivity contribution is 7.92. The number of methoxy groups -OCH3 is 1. The summed E-state index contributed by atoms with van der Waals surface area (Å²) in [7, 11) is -2.01. The zero-order valence-electron chi connectivity index (χ0n) is 15.4. The highest BCUT2D eigenvalue weighted by atomic mass is 32.2. The number of benzene rings is 2. The fraction of sp³-hybridized carbons (Fsp3) is 0.316. The lowest BCUT2D eigenvalue weighted by molar-refractivity contribution is -0.114. The van der Waals surface area contributed by atoms with Crippen molar-refractivity contribution < 1.29 is 17.9 Å². The third-order valence-corrected chi connectivity index (χ3v) is 5.18. The molecule has 0 bridgehead atoms. The molecule has 0 radical (unpaired) electrons. The average molecular weight is 376 g/mol. The van der Waals surface area contributed by atoms with Crippen LogP contribution >= 0.6 is 0 Å². The van der Waals surface area contributed by atoms with Crippen LogP contribution in [0.2, 0.25) is 0 Å². The van der Waals surface area contributed by atoms with E-state index in [0.717, 1.165) is 27.3 Å². The first kappa shape index (κ1) is 19.9. The first-order valence-electron chi connectivity index (χ1n) is 8.14. The molecule has 0 spiro atoms. The van der Waals surface area contributed by atoms with Crippen LogP contribution in [0, 0.1) is 13.8 Å². The van der Waals surface area contributed by atoms with Gasteiger partial charge in [0.2, 0.25) is 15.9 Å². The Hall–Kier alpha value is -2.38. The number of rotatable bonds is 7. The standard InChI is InChI=1S/C19H24N2O4S/c1-14-7-5-10-18(15(14)2)21(26(4,23)24)12-19(22)20-17-9-6-8-16(11-17)13-25-3/h5-11H,12-13H2,1-4H3,(H,20,22). The van der Waals surface area contributed by atoms with Crippen molar-refractivity contribution >= 4 is 27.3 Å². The number of hydrogen-bond acceptors (Lipinski definition) is 4.